The largest absolute Gasteiger partial charge is 0.477 e. The number of hydrogen-bond acceptors (Lipinski definition) is 4. The molecule has 0 aromatic carbocycles. The predicted octanol–water partition coefficient (Wildman–Crippen LogP) is 2.94. The quantitative estimate of drug-likeness (QED) is 0.869. The lowest BCUT2D eigenvalue weighted by Crippen LogP contribution is -2.43. The van der Waals surface area contributed by atoms with Gasteiger partial charge in [0.15, 0.2) is 0 Å². The van der Waals surface area contributed by atoms with Crippen molar-refractivity contribution in [3.05, 3.63) is 17.0 Å². The van der Waals surface area contributed by atoms with E-state index in [4.69, 9.17) is 5.11 Å². The Labute approximate surface area is 129 Å². The van der Waals surface area contributed by atoms with Gasteiger partial charge in [-0.2, -0.15) is 0 Å². The summed E-state index contributed by atoms with van der Waals surface area (Å²) in [6.07, 6.45) is 4.05. The molecule has 2 atom stereocenters. The minimum Gasteiger partial charge on any atom is -0.477 e. The van der Waals surface area contributed by atoms with Crippen molar-refractivity contribution >= 4 is 27.3 Å². The van der Waals surface area contributed by atoms with Crippen LogP contribution in [-0.4, -0.2) is 25.5 Å². The number of sulfonamides is 1. The first-order chi connectivity index (χ1) is 9.81. The molecule has 0 radical (unpaired) electrons. The highest BCUT2D eigenvalue weighted by atomic mass is 32.2. The molecule has 1 aliphatic carbocycles. The zero-order valence-electron chi connectivity index (χ0n) is 12.2. The SMILES string of the molecule is CC(C)C1CCCCC1NS(=O)(=O)c1ccc(C(=O)O)s1. The number of hydrogen-bond donors (Lipinski definition) is 2. The molecule has 0 saturated heterocycles. The molecule has 1 aromatic heterocycles. The maximum absolute atomic E-state index is 12.4. The van der Waals surface area contributed by atoms with Crippen LogP contribution in [-0.2, 0) is 10.0 Å². The van der Waals surface area contributed by atoms with Crippen molar-refractivity contribution in [3.63, 3.8) is 0 Å². The topological polar surface area (TPSA) is 83.5 Å². The number of rotatable bonds is 5. The summed E-state index contributed by atoms with van der Waals surface area (Å²) < 4.78 is 27.7. The Bertz CT molecular complexity index is 606. The molecule has 1 saturated carbocycles. The smallest absolute Gasteiger partial charge is 0.345 e. The van der Waals surface area contributed by atoms with Gasteiger partial charge in [0.05, 0.1) is 0 Å². The zero-order chi connectivity index (χ0) is 15.6. The van der Waals surface area contributed by atoms with Crippen molar-refractivity contribution in [1.82, 2.24) is 4.72 Å². The van der Waals surface area contributed by atoms with Crippen molar-refractivity contribution < 1.29 is 18.3 Å². The standard InChI is InChI=1S/C14H21NO4S2/c1-9(2)10-5-3-4-6-11(10)15-21(18,19)13-8-7-12(20-13)14(16)17/h7-11,15H,3-6H2,1-2H3,(H,16,17). The van der Waals surface area contributed by atoms with Gasteiger partial charge in [0.1, 0.15) is 9.09 Å². The molecule has 7 heteroatoms. The van der Waals surface area contributed by atoms with Gasteiger partial charge in [-0.15, -0.1) is 11.3 Å². The van der Waals surface area contributed by atoms with Crippen LogP contribution in [0, 0.1) is 11.8 Å². The van der Waals surface area contributed by atoms with Gasteiger partial charge in [0, 0.05) is 6.04 Å². The van der Waals surface area contributed by atoms with E-state index < -0.39 is 16.0 Å². The minimum absolute atomic E-state index is 0.0411. The van der Waals surface area contributed by atoms with E-state index in [0.29, 0.717) is 11.8 Å². The van der Waals surface area contributed by atoms with Gasteiger partial charge in [0.2, 0.25) is 10.0 Å². The van der Waals surface area contributed by atoms with Crippen molar-refractivity contribution in [2.45, 2.75) is 49.8 Å². The second-order valence-electron chi connectivity index (χ2n) is 5.84. The fourth-order valence-corrected chi connectivity index (χ4v) is 5.42. The third-order valence-electron chi connectivity index (χ3n) is 4.04. The first-order valence-corrected chi connectivity index (χ1v) is 9.46. The number of aromatic carboxylic acids is 1. The molecule has 5 nitrogen and oxygen atoms in total. The normalized spacial score (nSPS) is 23.4. The zero-order valence-corrected chi connectivity index (χ0v) is 13.8. The van der Waals surface area contributed by atoms with E-state index in [0.717, 1.165) is 37.0 Å². The van der Waals surface area contributed by atoms with Crippen LogP contribution in [0.5, 0.6) is 0 Å². The molecule has 0 aliphatic heterocycles. The lowest BCUT2D eigenvalue weighted by Gasteiger charge is -2.34. The van der Waals surface area contributed by atoms with E-state index >= 15 is 0 Å². The summed E-state index contributed by atoms with van der Waals surface area (Å²) in [7, 11) is -3.63. The first kappa shape index (κ1) is 16.5. The second-order valence-corrected chi connectivity index (χ2v) is 8.87. The van der Waals surface area contributed by atoms with Gasteiger partial charge >= 0.3 is 5.97 Å². The molecule has 0 spiro atoms. The average Bonchev–Trinajstić information content (AvgIpc) is 2.89. The van der Waals surface area contributed by atoms with Crippen LogP contribution >= 0.6 is 11.3 Å². The molecular formula is C14H21NO4S2. The first-order valence-electron chi connectivity index (χ1n) is 7.16. The van der Waals surface area contributed by atoms with Gasteiger partial charge in [-0.3, -0.25) is 0 Å². The molecule has 2 unspecified atom stereocenters. The van der Waals surface area contributed by atoms with Crippen LogP contribution in [0.3, 0.4) is 0 Å². The lowest BCUT2D eigenvalue weighted by atomic mass is 9.78. The van der Waals surface area contributed by atoms with E-state index in [2.05, 4.69) is 18.6 Å². The van der Waals surface area contributed by atoms with E-state index in [1.54, 1.807) is 0 Å². The number of carbonyl (C=O) groups is 1. The third kappa shape index (κ3) is 3.84. The van der Waals surface area contributed by atoms with E-state index in [1.807, 2.05) is 0 Å². The maximum Gasteiger partial charge on any atom is 0.345 e. The Morgan fingerprint density at radius 1 is 1.33 bits per heavy atom. The number of carboxylic acid groups (broad SMARTS) is 1. The van der Waals surface area contributed by atoms with Gasteiger partial charge in [-0.05, 0) is 36.8 Å². The second kappa shape index (κ2) is 6.46. The molecule has 1 aromatic rings. The maximum atomic E-state index is 12.4. The molecule has 1 aliphatic rings. The van der Waals surface area contributed by atoms with Crippen molar-refractivity contribution in [2.75, 3.05) is 0 Å². The Balaban J connectivity index is 2.17. The van der Waals surface area contributed by atoms with Gasteiger partial charge in [-0.1, -0.05) is 26.7 Å². The van der Waals surface area contributed by atoms with E-state index in [1.165, 1.54) is 12.1 Å². The van der Waals surface area contributed by atoms with Crippen LogP contribution in [0.2, 0.25) is 0 Å². The summed E-state index contributed by atoms with van der Waals surface area (Å²) >= 11 is 0.796. The van der Waals surface area contributed by atoms with Crippen LogP contribution in [0.1, 0.15) is 49.2 Å². The summed E-state index contributed by atoms with van der Waals surface area (Å²) in [5.74, 6) is -0.331. The van der Waals surface area contributed by atoms with E-state index in [-0.39, 0.29) is 15.1 Å². The van der Waals surface area contributed by atoms with Crippen LogP contribution in [0.15, 0.2) is 16.3 Å². The molecule has 1 heterocycles. The van der Waals surface area contributed by atoms with Gasteiger partial charge in [-0.25, -0.2) is 17.9 Å². The Kier molecular flexibility index (Phi) is 5.06. The summed E-state index contributed by atoms with van der Waals surface area (Å²) in [4.78, 5) is 10.9. The molecule has 2 N–H and O–H groups in total. The Morgan fingerprint density at radius 2 is 2.00 bits per heavy atom. The molecule has 2 rings (SSSR count). The number of thiophene rings is 1. The fourth-order valence-electron chi connectivity index (χ4n) is 2.94. The minimum atomic E-state index is -3.63. The molecule has 1 fully saturated rings. The average molecular weight is 331 g/mol. The highest BCUT2D eigenvalue weighted by molar-refractivity contribution is 7.91. The predicted molar refractivity (Wildman–Crippen MR) is 82.2 cm³/mol. The number of nitrogens with one attached hydrogen (secondary N) is 1. The highest BCUT2D eigenvalue weighted by Crippen LogP contribution is 2.32. The van der Waals surface area contributed by atoms with Crippen molar-refractivity contribution in [3.8, 4) is 0 Å². The summed E-state index contributed by atoms with van der Waals surface area (Å²) in [5, 5.41) is 8.90. The van der Waals surface area contributed by atoms with Crippen molar-refractivity contribution in [2.24, 2.45) is 11.8 Å². The summed E-state index contributed by atoms with van der Waals surface area (Å²) in [5.41, 5.74) is 0. The monoisotopic (exact) mass is 331 g/mol. The molecule has 0 bridgehead atoms. The molecule has 0 amide bonds. The van der Waals surface area contributed by atoms with Gasteiger partial charge < -0.3 is 5.11 Å². The molecule has 21 heavy (non-hydrogen) atoms. The molecular weight excluding hydrogens is 310 g/mol. The van der Waals surface area contributed by atoms with Crippen LogP contribution in [0.25, 0.3) is 0 Å². The fraction of sp³-hybridized carbons (Fsp3) is 0.643. The Hall–Kier alpha value is -0.920. The Morgan fingerprint density at radius 3 is 2.57 bits per heavy atom. The highest BCUT2D eigenvalue weighted by Gasteiger charge is 2.31. The van der Waals surface area contributed by atoms with E-state index in [9.17, 15) is 13.2 Å². The third-order valence-corrected chi connectivity index (χ3v) is 7.09. The van der Waals surface area contributed by atoms with Crippen LogP contribution < -0.4 is 4.72 Å². The molecule has 118 valence electrons. The number of carboxylic acids is 1. The summed E-state index contributed by atoms with van der Waals surface area (Å²) in [6.45, 7) is 4.23. The summed E-state index contributed by atoms with van der Waals surface area (Å²) in [6, 6.07) is 2.64. The lowest BCUT2D eigenvalue weighted by molar-refractivity contribution is 0.0702. The van der Waals surface area contributed by atoms with Crippen molar-refractivity contribution in [1.29, 1.82) is 0 Å². The van der Waals surface area contributed by atoms with Gasteiger partial charge in [0.25, 0.3) is 0 Å². The van der Waals surface area contributed by atoms with Crippen LogP contribution in [0.4, 0.5) is 0 Å².